The Morgan fingerprint density at radius 2 is 2.07 bits per heavy atom. The lowest BCUT2D eigenvalue weighted by Gasteiger charge is -2.23. The monoisotopic (exact) mass is 384 g/mol. The summed E-state index contributed by atoms with van der Waals surface area (Å²) in [5, 5.41) is 0. The molecule has 1 aliphatic rings. The van der Waals surface area contributed by atoms with Crippen LogP contribution in [-0.2, 0) is 11.3 Å². The predicted molar refractivity (Wildman–Crippen MR) is 104 cm³/mol. The van der Waals surface area contributed by atoms with Crippen molar-refractivity contribution in [3.63, 3.8) is 0 Å². The van der Waals surface area contributed by atoms with E-state index in [2.05, 4.69) is 4.99 Å². The lowest BCUT2D eigenvalue weighted by atomic mass is 10.2. The molecule has 140 valence electrons. The minimum absolute atomic E-state index is 0.152. The fraction of sp³-hybridized carbons (Fsp3) is 0.300. The molecule has 7 heteroatoms. The molecule has 1 aromatic heterocycles. The summed E-state index contributed by atoms with van der Waals surface area (Å²) in [6.07, 6.45) is -0.751. The van der Waals surface area contributed by atoms with Crippen LogP contribution in [-0.4, -0.2) is 30.3 Å². The van der Waals surface area contributed by atoms with E-state index in [0.29, 0.717) is 22.8 Å². The normalized spacial score (nSPS) is 16.6. The summed E-state index contributed by atoms with van der Waals surface area (Å²) in [5.41, 5.74) is 2.08. The molecule has 1 amide bonds. The van der Waals surface area contributed by atoms with Crippen molar-refractivity contribution in [2.45, 2.75) is 26.5 Å². The highest BCUT2D eigenvalue weighted by Crippen LogP contribution is 2.32. The molecule has 0 saturated heterocycles. The first-order valence-electron chi connectivity index (χ1n) is 8.76. The average molecular weight is 384 g/mol. The maximum atomic E-state index is 12.8. The number of carbonyl (C=O) groups is 1. The second-order valence-electron chi connectivity index (χ2n) is 6.21. The molecule has 0 radical (unpaired) electrons. The van der Waals surface area contributed by atoms with Gasteiger partial charge in [0.25, 0.3) is 5.91 Å². The number of nitrogens with zero attached hydrogens (tertiary/aromatic N) is 2. The van der Waals surface area contributed by atoms with E-state index in [1.54, 1.807) is 13.2 Å². The third-order valence-electron chi connectivity index (χ3n) is 4.51. The molecule has 0 aliphatic carbocycles. The van der Waals surface area contributed by atoms with Gasteiger partial charge in [-0.25, -0.2) is 0 Å². The highest BCUT2D eigenvalue weighted by Gasteiger charge is 2.27. The van der Waals surface area contributed by atoms with Gasteiger partial charge in [-0.1, -0.05) is 29.5 Å². The van der Waals surface area contributed by atoms with E-state index in [1.807, 2.05) is 48.7 Å². The van der Waals surface area contributed by atoms with Crippen molar-refractivity contribution in [2.75, 3.05) is 13.7 Å². The molecule has 3 aromatic rings. The zero-order valence-electron chi connectivity index (χ0n) is 15.4. The van der Waals surface area contributed by atoms with Gasteiger partial charge in [0, 0.05) is 6.54 Å². The number of fused-ring (bicyclic) bond motifs is 2. The van der Waals surface area contributed by atoms with E-state index in [1.165, 1.54) is 11.3 Å². The molecule has 2 aromatic carbocycles. The first-order valence-corrected chi connectivity index (χ1v) is 9.58. The summed E-state index contributed by atoms with van der Waals surface area (Å²) in [5.74, 6) is 1.63. The van der Waals surface area contributed by atoms with Gasteiger partial charge in [0.2, 0.25) is 6.10 Å². The predicted octanol–water partition coefficient (Wildman–Crippen LogP) is 3.31. The zero-order valence-corrected chi connectivity index (χ0v) is 16.2. The van der Waals surface area contributed by atoms with Crippen molar-refractivity contribution in [3.05, 3.63) is 46.8 Å². The smallest absolute Gasteiger partial charge is 0.292 e. The summed E-state index contributed by atoms with van der Waals surface area (Å²) in [7, 11) is 1.65. The molecule has 4 rings (SSSR count). The lowest BCUT2D eigenvalue weighted by molar-refractivity contribution is -0.127. The molecule has 0 saturated carbocycles. The summed E-state index contributed by atoms with van der Waals surface area (Å²) >= 11 is 1.48. The standard InChI is InChI=1S/C20H20N2O4S/c1-4-22-17-15(24-3)10-9-12(2)18(17)27-20(22)21-19(23)16-11-25-13-7-5-6-8-14(13)26-16/h5-10,16H,4,11H2,1-3H3. The first kappa shape index (κ1) is 17.6. The van der Waals surface area contributed by atoms with Gasteiger partial charge in [0.05, 0.1) is 11.8 Å². The molecular weight excluding hydrogens is 364 g/mol. The SMILES string of the molecule is CCn1c(=NC(=O)C2COc3ccccc3O2)sc2c(C)ccc(OC)c21. The Morgan fingerprint density at radius 1 is 1.30 bits per heavy atom. The third kappa shape index (κ3) is 3.08. The van der Waals surface area contributed by atoms with E-state index in [4.69, 9.17) is 14.2 Å². The summed E-state index contributed by atoms with van der Waals surface area (Å²) in [6, 6.07) is 11.3. The fourth-order valence-corrected chi connectivity index (χ4v) is 4.31. The molecule has 1 unspecified atom stereocenters. The molecular formula is C20H20N2O4S. The number of aromatic nitrogens is 1. The van der Waals surface area contributed by atoms with Crippen LogP contribution in [0.15, 0.2) is 41.4 Å². The summed E-state index contributed by atoms with van der Waals surface area (Å²) in [4.78, 5) is 17.7. The molecule has 0 N–H and O–H groups in total. The van der Waals surface area contributed by atoms with Crippen LogP contribution in [0.3, 0.4) is 0 Å². The van der Waals surface area contributed by atoms with Gasteiger partial charge in [-0.05, 0) is 37.6 Å². The summed E-state index contributed by atoms with van der Waals surface area (Å²) < 4.78 is 20.0. The van der Waals surface area contributed by atoms with Gasteiger partial charge >= 0.3 is 0 Å². The minimum Gasteiger partial charge on any atom is -0.495 e. The number of ether oxygens (including phenoxy) is 3. The van der Waals surface area contributed by atoms with Crippen LogP contribution in [0.4, 0.5) is 0 Å². The van der Waals surface area contributed by atoms with Gasteiger partial charge in [-0.15, -0.1) is 0 Å². The Hall–Kier alpha value is -2.80. The van der Waals surface area contributed by atoms with Crippen molar-refractivity contribution in [3.8, 4) is 17.2 Å². The van der Waals surface area contributed by atoms with Gasteiger partial charge in [-0.3, -0.25) is 4.79 Å². The number of para-hydroxylation sites is 2. The van der Waals surface area contributed by atoms with E-state index < -0.39 is 6.10 Å². The Balaban J connectivity index is 1.75. The number of rotatable bonds is 3. The maximum absolute atomic E-state index is 12.8. The number of amides is 1. The van der Waals surface area contributed by atoms with Crippen LogP contribution in [0, 0.1) is 6.92 Å². The van der Waals surface area contributed by atoms with Crippen LogP contribution in [0.25, 0.3) is 10.2 Å². The summed E-state index contributed by atoms with van der Waals surface area (Å²) in [6.45, 7) is 4.89. The van der Waals surface area contributed by atoms with E-state index in [9.17, 15) is 4.79 Å². The minimum atomic E-state index is -0.751. The molecule has 0 fully saturated rings. The molecule has 27 heavy (non-hydrogen) atoms. The molecule has 2 heterocycles. The molecule has 6 nitrogen and oxygen atoms in total. The second kappa shape index (κ2) is 7.08. The topological polar surface area (TPSA) is 62.1 Å². The Labute approximate surface area is 160 Å². The number of hydrogen-bond acceptors (Lipinski definition) is 5. The Kier molecular flexibility index (Phi) is 4.61. The maximum Gasteiger partial charge on any atom is 0.292 e. The lowest BCUT2D eigenvalue weighted by Crippen LogP contribution is -2.36. The number of thiazole rings is 1. The van der Waals surface area contributed by atoms with Crippen molar-refractivity contribution in [1.29, 1.82) is 0 Å². The highest BCUT2D eigenvalue weighted by molar-refractivity contribution is 7.16. The van der Waals surface area contributed by atoms with Crippen LogP contribution in [0.1, 0.15) is 12.5 Å². The number of methoxy groups -OCH3 is 1. The Bertz CT molecular complexity index is 1080. The largest absolute Gasteiger partial charge is 0.495 e. The average Bonchev–Trinajstić information content (AvgIpc) is 3.07. The first-order chi connectivity index (χ1) is 13.1. The van der Waals surface area contributed by atoms with Crippen molar-refractivity contribution >= 4 is 27.5 Å². The molecule has 0 spiro atoms. The zero-order chi connectivity index (χ0) is 19.0. The van der Waals surface area contributed by atoms with Crippen LogP contribution >= 0.6 is 11.3 Å². The number of hydrogen-bond donors (Lipinski definition) is 0. The van der Waals surface area contributed by atoms with Crippen LogP contribution in [0.2, 0.25) is 0 Å². The quantitative estimate of drug-likeness (QED) is 0.695. The van der Waals surface area contributed by atoms with Crippen molar-refractivity contribution < 1.29 is 19.0 Å². The number of aryl methyl sites for hydroxylation is 2. The third-order valence-corrected chi connectivity index (χ3v) is 5.73. The van der Waals surface area contributed by atoms with E-state index in [0.717, 1.165) is 21.5 Å². The number of benzene rings is 2. The second-order valence-corrected chi connectivity index (χ2v) is 7.18. The van der Waals surface area contributed by atoms with Gasteiger partial charge in [0.1, 0.15) is 17.9 Å². The van der Waals surface area contributed by atoms with Crippen molar-refractivity contribution in [2.24, 2.45) is 4.99 Å². The van der Waals surface area contributed by atoms with Crippen LogP contribution < -0.4 is 19.0 Å². The molecule has 1 atom stereocenters. The van der Waals surface area contributed by atoms with Crippen molar-refractivity contribution in [1.82, 2.24) is 4.57 Å². The fourth-order valence-electron chi connectivity index (χ4n) is 3.13. The van der Waals surface area contributed by atoms with Gasteiger partial charge < -0.3 is 18.8 Å². The van der Waals surface area contributed by atoms with Gasteiger partial charge in [-0.2, -0.15) is 4.99 Å². The van der Waals surface area contributed by atoms with Crippen LogP contribution in [0.5, 0.6) is 17.2 Å². The molecule has 1 aliphatic heterocycles. The molecule has 0 bridgehead atoms. The van der Waals surface area contributed by atoms with E-state index in [-0.39, 0.29) is 12.5 Å². The highest BCUT2D eigenvalue weighted by atomic mass is 32.1. The number of carbonyl (C=O) groups excluding carboxylic acids is 1. The Morgan fingerprint density at radius 3 is 2.81 bits per heavy atom. The van der Waals surface area contributed by atoms with Gasteiger partial charge in [0.15, 0.2) is 16.3 Å². The van der Waals surface area contributed by atoms with E-state index >= 15 is 0 Å².